The molecule has 3 nitrogen and oxygen atoms in total. The molecule has 0 bridgehead atoms. The molecule has 0 heterocycles. The van der Waals surface area contributed by atoms with Crippen LogP contribution in [-0.4, -0.2) is 27.0 Å². The van der Waals surface area contributed by atoms with Crippen LogP contribution in [-0.2, 0) is 14.0 Å². The number of rotatable bonds is 17. The Labute approximate surface area is 158 Å². The number of carbonyl (C=O) groups is 1. The first-order valence-electron chi connectivity index (χ1n) is 10.8. The highest BCUT2D eigenvalue weighted by Gasteiger charge is 2.30. The molecular weight excluding hydrogens is 328 g/mol. The number of esters is 1. The maximum atomic E-state index is 12.2. The second-order valence-electron chi connectivity index (χ2n) is 7.84. The lowest BCUT2D eigenvalue weighted by Gasteiger charge is -2.28. The summed E-state index contributed by atoms with van der Waals surface area (Å²) in [5.74, 6) is -0.154. The Morgan fingerprint density at radius 1 is 0.800 bits per heavy atom. The minimum Gasteiger partial charge on any atom is -0.464 e. The highest BCUT2D eigenvalue weighted by molar-refractivity contribution is 6.71. The molecule has 1 unspecified atom stereocenters. The summed E-state index contributed by atoms with van der Waals surface area (Å²) in [6.45, 7) is 11.2. The lowest BCUT2D eigenvalue weighted by Crippen LogP contribution is -2.40. The van der Waals surface area contributed by atoms with Gasteiger partial charge in [0.2, 0.25) is 0 Å². The largest absolute Gasteiger partial charge is 0.464 e. The van der Waals surface area contributed by atoms with E-state index in [-0.39, 0.29) is 12.1 Å². The van der Waals surface area contributed by atoms with Gasteiger partial charge in [0.15, 0.2) is 8.32 Å². The van der Waals surface area contributed by atoms with Crippen molar-refractivity contribution >= 4 is 14.3 Å². The summed E-state index contributed by atoms with van der Waals surface area (Å²) in [5.41, 5.74) is 0. The van der Waals surface area contributed by atoms with E-state index in [0.717, 1.165) is 18.9 Å². The molecule has 1 atom stereocenters. The van der Waals surface area contributed by atoms with Crippen LogP contribution in [0.15, 0.2) is 0 Å². The fraction of sp³-hybridized carbons (Fsp3) is 0.952. The maximum Gasteiger partial charge on any atom is 0.333 e. The fourth-order valence-electron chi connectivity index (χ4n) is 3.15. The zero-order chi connectivity index (χ0) is 19.0. The van der Waals surface area contributed by atoms with E-state index in [0.29, 0.717) is 6.61 Å². The molecule has 0 amide bonds. The Kier molecular flexibility index (Phi) is 15.6. The lowest BCUT2D eigenvalue weighted by molar-refractivity contribution is -0.152. The van der Waals surface area contributed by atoms with Crippen LogP contribution in [0.4, 0.5) is 0 Å². The minimum atomic E-state index is -1.77. The van der Waals surface area contributed by atoms with Crippen LogP contribution in [0.2, 0.25) is 19.1 Å². The Morgan fingerprint density at radius 3 is 1.84 bits per heavy atom. The molecule has 0 aliphatic heterocycles. The van der Waals surface area contributed by atoms with Gasteiger partial charge in [-0.1, -0.05) is 84.5 Å². The van der Waals surface area contributed by atoms with Crippen molar-refractivity contribution in [3.05, 3.63) is 0 Å². The van der Waals surface area contributed by atoms with E-state index in [1.54, 1.807) is 0 Å². The molecule has 25 heavy (non-hydrogen) atoms. The van der Waals surface area contributed by atoms with Gasteiger partial charge in [0.1, 0.15) is 6.10 Å². The van der Waals surface area contributed by atoms with Crippen LogP contribution >= 0.6 is 0 Å². The predicted molar refractivity (Wildman–Crippen MR) is 111 cm³/mol. The van der Waals surface area contributed by atoms with E-state index in [4.69, 9.17) is 9.16 Å². The van der Waals surface area contributed by atoms with Gasteiger partial charge >= 0.3 is 5.97 Å². The molecule has 0 aromatic carbocycles. The average Bonchev–Trinajstić information content (AvgIpc) is 2.57. The molecule has 0 saturated heterocycles. The quantitative estimate of drug-likeness (QED) is 0.159. The van der Waals surface area contributed by atoms with Gasteiger partial charge < -0.3 is 9.16 Å². The van der Waals surface area contributed by atoms with Crippen molar-refractivity contribution in [3.8, 4) is 0 Å². The van der Waals surface area contributed by atoms with E-state index < -0.39 is 8.32 Å². The van der Waals surface area contributed by atoms with Crippen molar-refractivity contribution in [2.24, 2.45) is 0 Å². The van der Waals surface area contributed by atoms with Crippen LogP contribution in [0, 0.1) is 0 Å². The summed E-state index contributed by atoms with van der Waals surface area (Å²) in [6, 6.07) is 1.12. The molecule has 0 saturated carbocycles. The first-order valence-corrected chi connectivity index (χ1v) is 13.9. The molecule has 0 spiro atoms. The maximum absolute atomic E-state index is 12.2. The molecule has 0 radical (unpaired) electrons. The van der Waals surface area contributed by atoms with Gasteiger partial charge in [0, 0.05) is 0 Å². The molecule has 0 aliphatic rings. The number of hydrogen-bond donors (Lipinski definition) is 0. The van der Waals surface area contributed by atoms with Crippen molar-refractivity contribution in [2.45, 2.75) is 123 Å². The van der Waals surface area contributed by atoms with Crippen LogP contribution in [0.25, 0.3) is 0 Å². The predicted octanol–water partition coefficient (Wildman–Crippen LogP) is 6.86. The average molecular weight is 373 g/mol. The Balaban J connectivity index is 4.09. The van der Waals surface area contributed by atoms with Crippen molar-refractivity contribution in [2.75, 3.05) is 6.61 Å². The van der Waals surface area contributed by atoms with Gasteiger partial charge in [-0.25, -0.2) is 4.79 Å². The summed E-state index contributed by atoms with van der Waals surface area (Å²) in [5, 5.41) is 0. The van der Waals surface area contributed by atoms with Crippen molar-refractivity contribution in [1.29, 1.82) is 0 Å². The standard InChI is InChI=1S/C21H44O3Si/c1-6-9-11-12-13-14-15-16-17-18-20(21(22)23-8-3)24-25(4,5)19-10-7-2/h20H,6-19H2,1-5H3. The summed E-state index contributed by atoms with van der Waals surface area (Å²) < 4.78 is 11.5. The normalized spacial score (nSPS) is 13.0. The van der Waals surface area contributed by atoms with E-state index in [1.807, 2.05) is 6.92 Å². The highest BCUT2D eigenvalue weighted by atomic mass is 28.4. The SMILES string of the molecule is CCCCCCCCCCCC(O[Si](C)(C)CCCC)C(=O)OCC. The summed E-state index contributed by atoms with van der Waals surface area (Å²) in [4.78, 5) is 12.2. The number of unbranched alkanes of at least 4 members (excludes halogenated alkanes) is 9. The minimum absolute atomic E-state index is 0.154. The number of carbonyl (C=O) groups excluding carboxylic acids is 1. The van der Waals surface area contributed by atoms with E-state index in [2.05, 4.69) is 26.9 Å². The zero-order valence-electron chi connectivity index (χ0n) is 17.7. The summed E-state index contributed by atoms with van der Waals surface area (Å²) >= 11 is 0. The molecule has 150 valence electrons. The van der Waals surface area contributed by atoms with Gasteiger partial charge in [0.05, 0.1) is 6.61 Å². The van der Waals surface area contributed by atoms with Crippen LogP contribution in [0.1, 0.15) is 97.8 Å². The third kappa shape index (κ3) is 14.5. The molecule has 0 aromatic heterocycles. The van der Waals surface area contributed by atoms with Gasteiger partial charge in [-0.15, -0.1) is 0 Å². The van der Waals surface area contributed by atoms with E-state index in [9.17, 15) is 4.79 Å². The molecule has 0 fully saturated rings. The zero-order valence-corrected chi connectivity index (χ0v) is 18.7. The second-order valence-corrected chi connectivity index (χ2v) is 12.1. The second kappa shape index (κ2) is 15.9. The van der Waals surface area contributed by atoms with Crippen LogP contribution in [0.5, 0.6) is 0 Å². The first kappa shape index (κ1) is 24.6. The van der Waals surface area contributed by atoms with Gasteiger partial charge in [-0.05, 0) is 32.5 Å². The first-order chi connectivity index (χ1) is 12.0. The fourth-order valence-corrected chi connectivity index (χ4v) is 5.45. The highest BCUT2D eigenvalue weighted by Crippen LogP contribution is 2.21. The number of hydrogen-bond acceptors (Lipinski definition) is 3. The molecule has 0 N–H and O–H groups in total. The Hall–Kier alpha value is -0.353. The van der Waals surface area contributed by atoms with E-state index >= 15 is 0 Å². The van der Waals surface area contributed by atoms with Crippen LogP contribution in [0.3, 0.4) is 0 Å². The molecule has 0 rings (SSSR count). The molecule has 4 heteroatoms. The van der Waals surface area contributed by atoms with E-state index in [1.165, 1.54) is 64.2 Å². The third-order valence-electron chi connectivity index (χ3n) is 4.71. The van der Waals surface area contributed by atoms with Crippen LogP contribution < -0.4 is 0 Å². The topological polar surface area (TPSA) is 35.5 Å². The van der Waals surface area contributed by atoms with Gasteiger partial charge in [0.25, 0.3) is 0 Å². The van der Waals surface area contributed by atoms with Gasteiger partial charge in [-0.2, -0.15) is 0 Å². The Morgan fingerprint density at radius 2 is 1.32 bits per heavy atom. The van der Waals surface area contributed by atoms with Crippen molar-refractivity contribution in [3.63, 3.8) is 0 Å². The molecule has 0 aliphatic carbocycles. The molecular formula is C21H44O3Si. The Bertz CT molecular complexity index is 318. The lowest BCUT2D eigenvalue weighted by atomic mass is 10.1. The smallest absolute Gasteiger partial charge is 0.333 e. The van der Waals surface area contributed by atoms with Gasteiger partial charge in [-0.3, -0.25) is 0 Å². The van der Waals surface area contributed by atoms with Crippen molar-refractivity contribution < 1.29 is 14.0 Å². The third-order valence-corrected chi connectivity index (χ3v) is 7.19. The molecule has 0 aromatic rings. The van der Waals surface area contributed by atoms with Crippen molar-refractivity contribution in [1.82, 2.24) is 0 Å². The monoisotopic (exact) mass is 372 g/mol. The number of ether oxygens (including phenoxy) is 1. The summed E-state index contributed by atoms with van der Waals surface area (Å²) in [7, 11) is -1.77. The summed E-state index contributed by atoms with van der Waals surface area (Å²) in [6.07, 6.45) is 14.5.